The Balaban J connectivity index is 1.74. The summed E-state index contributed by atoms with van der Waals surface area (Å²) in [4.78, 5) is 4.09. The van der Waals surface area contributed by atoms with Crippen LogP contribution in [0.15, 0.2) is 72.3 Å². The van der Waals surface area contributed by atoms with E-state index in [1.807, 2.05) is 48.1 Å². The second-order valence-corrected chi connectivity index (χ2v) is 6.39. The van der Waals surface area contributed by atoms with Crippen LogP contribution in [0.2, 0.25) is 0 Å². The van der Waals surface area contributed by atoms with Crippen molar-refractivity contribution in [2.24, 2.45) is 7.05 Å². The Morgan fingerprint density at radius 3 is 2.44 bits per heavy atom. The van der Waals surface area contributed by atoms with Crippen LogP contribution >= 0.6 is 11.8 Å². The molecule has 0 spiro atoms. The first-order valence-corrected chi connectivity index (χ1v) is 8.82. The molecule has 0 radical (unpaired) electrons. The predicted molar refractivity (Wildman–Crippen MR) is 97.4 cm³/mol. The lowest BCUT2D eigenvalue weighted by molar-refractivity contribution is 0.735. The van der Waals surface area contributed by atoms with Gasteiger partial charge in [0.05, 0.1) is 0 Å². The van der Waals surface area contributed by atoms with Gasteiger partial charge in [-0.1, -0.05) is 30.0 Å². The van der Waals surface area contributed by atoms with Crippen molar-refractivity contribution in [2.45, 2.75) is 10.9 Å². The maximum atomic E-state index is 4.43. The molecule has 0 atom stereocenters. The maximum Gasteiger partial charge on any atom is 0.196 e. The van der Waals surface area contributed by atoms with Crippen LogP contribution < -0.4 is 0 Å². The van der Waals surface area contributed by atoms with Crippen LogP contribution in [0.5, 0.6) is 0 Å². The number of pyridine rings is 1. The molecule has 1 aromatic carbocycles. The van der Waals surface area contributed by atoms with E-state index in [1.54, 1.807) is 30.4 Å². The molecule has 0 saturated heterocycles. The smallest absolute Gasteiger partial charge is 0.196 e. The zero-order valence-corrected chi connectivity index (χ0v) is 14.5. The minimum absolute atomic E-state index is 0.776. The van der Waals surface area contributed by atoms with E-state index in [-0.39, 0.29) is 0 Å². The molecular formula is C18H16N6S. The summed E-state index contributed by atoms with van der Waals surface area (Å²) in [6.45, 7) is 0. The van der Waals surface area contributed by atoms with Gasteiger partial charge in [-0.3, -0.25) is 14.2 Å². The van der Waals surface area contributed by atoms with Crippen molar-refractivity contribution in [2.75, 3.05) is 0 Å². The Kier molecular flexibility index (Phi) is 4.30. The molecule has 124 valence electrons. The van der Waals surface area contributed by atoms with E-state index in [0.29, 0.717) is 0 Å². The largest absolute Gasteiger partial charge is 0.272 e. The van der Waals surface area contributed by atoms with Crippen LogP contribution in [0, 0.1) is 0 Å². The minimum atomic E-state index is 0.776. The highest BCUT2D eigenvalue weighted by Gasteiger charge is 2.16. The maximum absolute atomic E-state index is 4.43. The normalized spacial score (nSPS) is 10.9. The number of nitrogens with zero attached hydrogens (tertiary/aromatic N) is 6. The molecule has 3 heterocycles. The van der Waals surface area contributed by atoms with E-state index in [1.165, 1.54) is 0 Å². The lowest BCUT2D eigenvalue weighted by Crippen LogP contribution is -2.01. The third kappa shape index (κ3) is 3.18. The molecule has 0 aliphatic heterocycles. The molecule has 0 N–H and O–H groups in total. The van der Waals surface area contributed by atoms with E-state index < -0.39 is 0 Å². The van der Waals surface area contributed by atoms with Gasteiger partial charge in [0.1, 0.15) is 0 Å². The molecule has 0 fully saturated rings. The summed E-state index contributed by atoms with van der Waals surface area (Å²) in [7, 11) is 1.94. The summed E-state index contributed by atoms with van der Waals surface area (Å²) < 4.78 is 3.95. The first kappa shape index (κ1) is 15.6. The second kappa shape index (κ2) is 6.90. The van der Waals surface area contributed by atoms with Gasteiger partial charge in [0.25, 0.3) is 0 Å². The van der Waals surface area contributed by atoms with E-state index in [4.69, 9.17) is 0 Å². The number of aryl methyl sites for hydroxylation is 1. The Morgan fingerprint density at radius 2 is 1.72 bits per heavy atom. The van der Waals surface area contributed by atoms with Crippen LogP contribution in [-0.4, -0.2) is 29.5 Å². The van der Waals surface area contributed by atoms with Gasteiger partial charge in [0, 0.05) is 48.3 Å². The SMILES string of the molecule is Cn1nccc1CSc1nnc(-c2ccncc2)n1-c1ccccc1. The Hall–Kier alpha value is -2.93. The van der Waals surface area contributed by atoms with Gasteiger partial charge in [-0.2, -0.15) is 5.10 Å². The molecule has 0 bridgehead atoms. The lowest BCUT2D eigenvalue weighted by Gasteiger charge is -2.10. The van der Waals surface area contributed by atoms with Gasteiger partial charge in [0.15, 0.2) is 11.0 Å². The summed E-state index contributed by atoms with van der Waals surface area (Å²) in [5.41, 5.74) is 3.16. The Morgan fingerprint density at radius 1 is 0.920 bits per heavy atom. The Bertz CT molecular complexity index is 962. The van der Waals surface area contributed by atoms with Crippen LogP contribution in [0.1, 0.15) is 5.69 Å². The third-order valence-electron chi connectivity index (χ3n) is 3.86. The predicted octanol–water partition coefficient (Wildman–Crippen LogP) is 3.36. The molecule has 4 aromatic rings. The van der Waals surface area contributed by atoms with Crippen molar-refractivity contribution >= 4 is 11.8 Å². The number of aromatic nitrogens is 6. The summed E-state index contributed by atoms with van der Waals surface area (Å²) in [5, 5.41) is 13.9. The summed E-state index contributed by atoms with van der Waals surface area (Å²) >= 11 is 1.64. The molecule has 0 saturated carbocycles. The molecule has 0 amide bonds. The highest BCUT2D eigenvalue weighted by molar-refractivity contribution is 7.98. The van der Waals surface area contributed by atoms with Gasteiger partial charge in [0.2, 0.25) is 0 Å². The molecule has 0 aliphatic carbocycles. The van der Waals surface area contributed by atoms with Gasteiger partial charge in [-0.05, 0) is 30.3 Å². The summed E-state index contributed by atoms with van der Waals surface area (Å²) in [6.07, 6.45) is 5.34. The average molecular weight is 348 g/mol. The lowest BCUT2D eigenvalue weighted by atomic mass is 10.2. The zero-order chi connectivity index (χ0) is 17.1. The van der Waals surface area contributed by atoms with Crippen molar-refractivity contribution in [1.82, 2.24) is 29.5 Å². The number of thioether (sulfide) groups is 1. The number of para-hydroxylation sites is 1. The fraction of sp³-hybridized carbons (Fsp3) is 0.111. The standard InChI is InChI=1S/C18H16N6S/c1-23-16(9-12-20-23)13-25-18-22-21-17(14-7-10-19-11-8-14)24(18)15-5-3-2-4-6-15/h2-12H,13H2,1H3. The fourth-order valence-corrected chi connectivity index (χ4v) is 3.52. The van der Waals surface area contributed by atoms with E-state index >= 15 is 0 Å². The minimum Gasteiger partial charge on any atom is -0.272 e. The molecule has 0 unspecified atom stereocenters. The summed E-state index contributed by atoms with van der Waals surface area (Å²) in [6, 6.07) is 16.0. The third-order valence-corrected chi connectivity index (χ3v) is 4.82. The second-order valence-electron chi connectivity index (χ2n) is 5.45. The molecular weight excluding hydrogens is 332 g/mol. The van der Waals surface area contributed by atoms with Crippen molar-refractivity contribution in [1.29, 1.82) is 0 Å². The molecule has 4 rings (SSSR count). The Labute approximate surface area is 149 Å². The van der Waals surface area contributed by atoms with Crippen molar-refractivity contribution in [3.8, 4) is 17.1 Å². The monoisotopic (exact) mass is 348 g/mol. The number of benzene rings is 1. The molecule has 0 aliphatic rings. The molecule has 7 heteroatoms. The highest BCUT2D eigenvalue weighted by atomic mass is 32.2. The quantitative estimate of drug-likeness (QED) is 0.518. The van der Waals surface area contributed by atoms with Crippen LogP contribution in [0.4, 0.5) is 0 Å². The number of hydrogen-bond donors (Lipinski definition) is 0. The van der Waals surface area contributed by atoms with E-state index in [2.05, 4.69) is 37.0 Å². The van der Waals surface area contributed by atoms with E-state index in [0.717, 1.165) is 33.7 Å². The first-order chi connectivity index (χ1) is 12.3. The molecule has 3 aromatic heterocycles. The number of rotatable bonds is 5. The van der Waals surface area contributed by atoms with E-state index in [9.17, 15) is 0 Å². The molecule has 25 heavy (non-hydrogen) atoms. The number of hydrogen-bond acceptors (Lipinski definition) is 5. The fourth-order valence-electron chi connectivity index (χ4n) is 2.54. The molecule has 6 nitrogen and oxygen atoms in total. The van der Waals surface area contributed by atoms with Gasteiger partial charge in [-0.15, -0.1) is 10.2 Å². The van der Waals surface area contributed by atoms with Crippen LogP contribution in [0.25, 0.3) is 17.1 Å². The first-order valence-electron chi connectivity index (χ1n) is 7.84. The van der Waals surface area contributed by atoms with Gasteiger partial charge in [-0.25, -0.2) is 0 Å². The van der Waals surface area contributed by atoms with Crippen LogP contribution in [-0.2, 0) is 12.8 Å². The van der Waals surface area contributed by atoms with Crippen molar-refractivity contribution < 1.29 is 0 Å². The van der Waals surface area contributed by atoms with Crippen LogP contribution in [0.3, 0.4) is 0 Å². The average Bonchev–Trinajstić information content (AvgIpc) is 3.27. The highest BCUT2D eigenvalue weighted by Crippen LogP contribution is 2.29. The zero-order valence-electron chi connectivity index (χ0n) is 13.6. The summed E-state index contributed by atoms with van der Waals surface area (Å²) in [5.74, 6) is 1.58. The van der Waals surface area contributed by atoms with Gasteiger partial charge < -0.3 is 0 Å². The van der Waals surface area contributed by atoms with Gasteiger partial charge >= 0.3 is 0 Å². The van der Waals surface area contributed by atoms with Crippen molar-refractivity contribution in [3.63, 3.8) is 0 Å². The van der Waals surface area contributed by atoms with Crippen molar-refractivity contribution in [3.05, 3.63) is 72.8 Å². The topological polar surface area (TPSA) is 61.4 Å².